The summed E-state index contributed by atoms with van der Waals surface area (Å²) in [6, 6.07) is 0. The maximum absolute atomic E-state index is 12.3. The second kappa shape index (κ2) is 14.7. The molecular weight excluding hydrogens is 592 g/mol. The quantitative estimate of drug-likeness (QED) is 0.125. The zero-order valence-corrected chi connectivity index (χ0v) is 21.9. The molecule has 0 aliphatic rings. The first-order chi connectivity index (χ1) is 17.3. The number of azo groups is 1. The van der Waals surface area contributed by atoms with Crippen LogP contribution in [0.4, 0.5) is 43.8 Å². The van der Waals surface area contributed by atoms with E-state index in [2.05, 4.69) is 15.3 Å². The van der Waals surface area contributed by atoms with Crippen LogP contribution in [0, 0.1) is 0 Å². The maximum atomic E-state index is 12.3. The summed E-state index contributed by atoms with van der Waals surface area (Å²) in [7, 11) is 0. The molecule has 0 saturated carbocycles. The molecule has 0 unspecified atom stereocenters. The van der Waals surface area contributed by atoms with Crippen LogP contribution in [0.1, 0.15) is 32.6 Å². The average Bonchev–Trinajstić information content (AvgIpc) is 3.37. The van der Waals surface area contributed by atoms with E-state index in [1.165, 1.54) is 6.20 Å². The first-order valence-electron chi connectivity index (χ1n) is 11.4. The minimum atomic E-state index is -4.99. The van der Waals surface area contributed by atoms with E-state index < -0.39 is 24.2 Å². The van der Waals surface area contributed by atoms with Gasteiger partial charge in [-0.15, -0.1) is 0 Å². The maximum Gasteiger partial charge on any atom is 0.471 e. The zero-order chi connectivity index (χ0) is 27.6. The van der Waals surface area contributed by atoms with Gasteiger partial charge in [-0.05, 0) is 19.3 Å². The molecule has 0 atom stereocenters. The molecule has 0 aliphatic heterocycles. The number of amides is 2. The number of nitrogens with one attached hydrogen (secondary N) is 2. The predicted octanol–water partition coefficient (Wildman–Crippen LogP) is -0.0890. The fraction of sp³-hybridized carbons (Fsp3) is 0.600. The number of carbonyl (C=O) groups is 2. The summed E-state index contributed by atoms with van der Waals surface area (Å²) in [6.07, 6.45) is -3.42. The fourth-order valence-electron chi connectivity index (χ4n) is 3.07. The number of aromatic nitrogens is 4. The zero-order valence-electron chi connectivity index (χ0n) is 20.3. The number of nitrogen functional groups attached to an aromatic ring is 1. The average molecular weight is 620 g/mol. The van der Waals surface area contributed by atoms with Gasteiger partial charge in [-0.2, -0.15) is 31.4 Å². The molecule has 0 aromatic carbocycles. The van der Waals surface area contributed by atoms with E-state index in [0.717, 1.165) is 12.8 Å². The van der Waals surface area contributed by atoms with Crippen molar-refractivity contribution in [3.8, 4) is 0 Å². The van der Waals surface area contributed by atoms with E-state index >= 15 is 0 Å². The summed E-state index contributed by atoms with van der Waals surface area (Å²) >= 11 is 0. The predicted molar refractivity (Wildman–Crippen MR) is 118 cm³/mol. The van der Waals surface area contributed by atoms with Crippen LogP contribution in [0.25, 0.3) is 0 Å². The molecule has 4 N–H and O–H groups in total. The second-order valence-corrected chi connectivity index (χ2v) is 7.89. The van der Waals surface area contributed by atoms with E-state index in [-0.39, 0.29) is 73.5 Å². The number of hydrogen-bond acceptors (Lipinski definition) is 6. The largest absolute Gasteiger partial charge is 1.00 e. The molecule has 0 radical (unpaired) electrons. The molecule has 2 heterocycles. The number of aryl methyl sites for hydroxylation is 3. The van der Waals surface area contributed by atoms with E-state index in [1.807, 2.05) is 6.92 Å². The summed E-state index contributed by atoms with van der Waals surface area (Å²) < 4.78 is 78.7. The van der Waals surface area contributed by atoms with Gasteiger partial charge in [-0.25, -0.2) is 13.8 Å². The molecule has 0 aliphatic carbocycles. The number of hydrogen-bond donors (Lipinski definition) is 3. The molecule has 2 aromatic rings. The van der Waals surface area contributed by atoms with Crippen molar-refractivity contribution in [1.29, 1.82) is 0 Å². The Morgan fingerprint density at radius 3 is 2.18 bits per heavy atom. The normalized spacial score (nSPS) is 12.0. The lowest BCUT2D eigenvalue weighted by atomic mass is 10.3. The third-order valence-electron chi connectivity index (χ3n) is 5.01. The van der Waals surface area contributed by atoms with E-state index in [4.69, 9.17) is 5.73 Å². The number of carbonyl (C=O) groups excluding carboxylic acids is 2. The molecule has 2 rings (SSSR count). The van der Waals surface area contributed by atoms with Gasteiger partial charge in [0, 0.05) is 24.7 Å². The molecule has 0 spiro atoms. The standard InChI is InChI=1S/C20H27F6N9O2.BrH/c1-2-3-10-35-15(27)14(13-30-35)31-32-18-33(8-4-6-28-16(36)19(21,22)23)11-12-34(18)9-5-7-29-17(37)20(24,25)26;/h11-13,27H,2-10H2,1H3,(H2,28,29,36,37);1H. The minimum Gasteiger partial charge on any atom is -1.00 e. The highest BCUT2D eigenvalue weighted by molar-refractivity contribution is 5.81. The number of rotatable bonds is 13. The van der Waals surface area contributed by atoms with Crippen molar-refractivity contribution in [3.63, 3.8) is 0 Å². The highest BCUT2D eigenvalue weighted by atomic mass is 79.9. The van der Waals surface area contributed by atoms with Crippen molar-refractivity contribution >= 4 is 29.3 Å². The Labute approximate surface area is 224 Å². The number of nitrogens with zero attached hydrogens (tertiary/aromatic N) is 6. The monoisotopic (exact) mass is 619 g/mol. The summed E-state index contributed by atoms with van der Waals surface area (Å²) in [5, 5.41) is 16.0. The van der Waals surface area contributed by atoms with Gasteiger partial charge >= 0.3 is 30.1 Å². The van der Waals surface area contributed by atoms with Crippen molar-refractivity contribution < 1.29 is 57.5 Å². The molecular formula is C20H28BrF6N9O2. The Hall–Kier alpha value is -3.18. The summed E-state index contributed by atoms with van der Waals surface area (Å²) in [5.74, 6) is -3.59. The van der Waals surface area contributed by atoms with Crippen LogP contribution >= 0.6 is 0 Å². The van der Waals surface area contributed by atoms with Gasteiger partial charge < -0.3 is 33.3 Å². The SMILES string of the molecule is CCCCn1ncc(/N=N/c2n(CCCNC(=O)C(F)(F)F)cc[n+]2CCCNC(=O)C(F)(F)F)c1N.[Br-]. The minimum absolute atomic E-state index is 0. The van der Waals surface area contributed by atoms with Crippen LogP contribution in [0.15, 0.2) is 28.8 Å². The summed E-state index contributed by atoms with van der Waals surface area (Å²) in [5.41, 5.74) is 6.33. The molecule has 0 fully saturated rings. The molecule has 18 heteroatoms. The van der Waals surface area contributed by atoms with Gasteiger partial charge in [0.15, 0.2) is 11.5 Å². The van der Waals surface area contributed by atoms with E-state index in [9.17, 15) is 35.9 Å². The van der Waals surface area contributed by atoms with Crippen LogP contribution < -0.4 is 37.9 Å². The van der Waals surface area contributed by atoms with Crippen LogP contribution in [-0.4, -0.2) is 51.6 Å². The Morgan fingerprint density at radius 2 is 1.61 bits per heavy atom. The molecule has 2 amide bonds. The number of nitrogens with two attached hydrogens (primary N) is 1. The number of halogens is 7. The Balaban J connectivity index is 0.00000722. The van der Waals surface area contributed by atoms with Crippen molar-refractivity contribution in [2.24, 2.45) is 10.2 Å². The molecule has 2 aromatic heterocycles. The topological polar surface area (TPSA) is 136 Å². The molecule has 214 valence electrons. The van der Waals surface area contributed by atoms with Gasteiger partial charge in [0.25, 0.3) is 0 Å². The van der Waals surface area contributed by atoms with Crippen LogP contribution in [0.2, 0.25) is 0 Å². The van der Waals surface area contributed by atoms with Crippen molar-refractivity contribution in [3.05, 3.63) is 18.6 Å². The van der Waals surface area contributed by atoms with Gasteiger partial charge in [0.2, 0.25) is 0 Å². The Morgan fingerprint density at radius 1 is 1.00 bits per heavy atom. The number of unbranched alkanes of at least 4 members (excludes halogenated alkanes) is 1. The van der Waals surface area contributed by atoms with Gasteiger partial charge in [-0.3, -0.25) is 9.59 Å². The van der Waals surface area contributed by atoms with Crippen molar-refractivity contribution in [2.45, 2.75) is 64.6 Å². The van der Waals surface area contributed by atoms with Crippen LogP contribution in [0.5, 0.6) is 0 Å². The summed E-state index contributed by atoms with van der Waals surface area (Å²) in [4.78, 5) is 21.9. The first-order valence-corrected chi connectivity index (χ1v) is 11.4. The van der Waals surface area contributed by atoms with Crippen molar-refractivity contribution in [1.82, 2.24) is 25.0 Å². The molecule has 0 bridgehead atoms. The molecule has 0 saturated heterocycles. The smallest absolute Gasteiger partial charge is 0.471 e. The first kappa shape index (κ1) is 32.8. The number of anilines is 1. The number of imidazole rings is 1. The lowest BCUT2D eigenvalue weighted by Crippen LogP contribution is -3.00. The second-order valence-electron chi connectivity index (χ2n) is 7.89. The van der Waals surface area contributed by atoms with Gasteiger partial charge in [0.05, 0.1) is 31.7 Å². The lowest BCUT2D eigenvalue weighted by molar-refractivity contribution is -0.683. The highest BCUT2D eigenvalue weighted by Crippen LogP contribution is 2.24. The van der Waals surface area contributed by atoms with E-state index in [0.29, 0.717) is 6.54 Å². The van der Waals surface area contributed by atoms with Crippen LogP contribution in [0.3, 0.4) is 0 Å². The third kappa shape index (κ3) is 9.94. The summed E-state index contributed by atoms with van der Waals surface area (Å²) in [6.45, 7) is 2.38. The van der Waals surface area contributed by atoms with Gasteiger partial charge in [-0.1, -0.05) is 18.5 Å². The lowest BCUT2D eigenvalue weighted by Gasteiger charge is -2.07. The highest BCUT2D eigenvalue weighted by Gasteiger charge is 2.38. The Kier molecular flexibility index (Phi) is 12.7. The van der Waals surface area contributed by atoms with Gasteiger partial charge in [0.1, 0.15) is 0 Å². The third-order valence-corrected chi connectivity index (χ3v) is 5.01. The molecule has 38 heavy (non-hydrogen) atoms. The van der Waals surface area contributed by atoms with Crippen LogP contribution in [-0.2, 0) is 29.2 Å². The Bertz CT molecular complexity index is 1030. The fourth-order valence-corrected chi connectivity index (χ4v) is 3.07. The van der Waals surface area contributed by atoms with E-state index in [1.54, 1.807) is 36.8 Å². The molecule has 11 nitrogen and oxygen atoms in total. The van der Waals surface area contributed by atoms with Crippen molar-refractivity contribution in [2.75, 3.05) is 18.8 Å². The number of alkyl halides is 6.